The van der Waals surface area contributed by atoms with Crippen LogP contribution >= 0.6 is 0 Å². The van der Waals surface area contributed by atoms with Crippen LogP contribution in [-0.4, -0.2) is 43.1 Å². The summed E-state index contributed by atoms with van der Waals surface area (Å²) in [5.41, 5.74) is 10.3. The monoisotopic (exact) mass is 543 g/mol. The molecule has 3 heterocycles. The Bertz CT molecular complexity index is 1680. The molecule has 0 bridgehead atoms. The number of nitrogens with two attached hydrogens (primary N) is 1. The van der Waals surface area contributed by atoms with E-state index in [1.807, 2.05) is 55.7 Å². The highest BCUT2D eigenvalue weighted by molar-refractivity contribution is 6.06. The summed E-state index contributed by atoms with van der Waals surface area (Å²) in [6, 6.07) is 13.8. The summed E-state index contributed by atoms with van der Waals surface area (Å²) in [6.45, 7) is 6.05. The van der Waals surface area contributed by atoms with Gasteiger partial charge in [0.2, 0.25) is 5.91 Å². The maximum Gasteiger partial charge on any atom is 0.326 e. The minimum absolute atomic E-state index is 0.0586. The molecule has 0 aliphatic rings. The smallest absolute Gasteiger partial charge is 0.326 e. The van der Waals surface area contributed by atoms with Crippen molar-refractivity contribution in [3.05, 3.63) is 59.3 Å². The van der Waals surface area contributed by atoms with Gasteiger partial charge in [-0.3, -0.25) is 9.36 Å². The average Bonchev–Trinajstić information content (AvgIpc) is 3.53. The van der Waals surface area contributed by atoms with Crippen LogP contribution in [-0.2, 0) is 11.3 Å². The van der Waals surface area contributed by atoms with Crippen molar-refractivity contribution >= 4 is 44.7 Å². The highest BCUT2D eigenvalue weighted by Gasteiger charge is 2.13. The first-order valence-electron chi connectivity index (χ1n) is 14.1. The number of unbranched alkanes of at least 4 members (excludes halogenated alkanes) is 2. The fourth-order valence-electron chi connectivity index (χ4n) is 5.10. The lowest BCUT2D eigenvalue weighted by atomic mass is 10.2. The van der Waals surface area contributed by atoms with Crippen LogP contribution in [0.1, 0.15) is 58.4 Å². The Kier molecular flexibility index (Phi) is 8.33. The van der Waals surface area contributed by atoms with Crippen LogP contribution in [0.15, 0.2) is 53.6 Å². The molecule has 0 aliphatic carbocycles. The molecule has 0 spiro atoms. The maximum absolute atomic E-state index is 12.3. The second kappa shape index (κ2) is 12.2. The molecule has 0 aliphatic heterocycles. The normalized spacial score (nSPS) is 12.3. The van der Waals surface area contributed by atoms with E-state index in [4.69, 9.17) is 10.5 Å². The predicted molar refractivity (Wildman–Crippen MR) is 159 cm³/mol. The van der Waals surface area contributed by atoms with Gasteiger partial charge >= 0.3 is 5.69 Å². The molecule has 10 heteroatoms. The summed E-state index contributed by atoms with van der Waals surface area (Å²) in [5, 5.41) is 4.06. The van der Waals surface area contributed by atoms with E-state index in [-0.39, 0.29) is 17.6 Å². The van der Waals surface area contributed by atoms with Crippen molar-refractivity contribution < 1.29 is 9.53 Å². The summed E-state index contributed by atoms with van der Waals surface area (Å²) in [7, 11) is 0. The summed E-state index contributed by atoms with van der Waals surface area (Å²) in [6.07, 6.45) is 6.47. The largest absolute Gasteiger partial charge is 0.494 e. The lowest BCUT2D eigenvalue weighted by Gasteiger charge is -2.11. The van der Waals surface area contributed by atoms with Gasteiger partial charge in [0.25, 0.3) is 0 Å². The Morgan fingerprint density at radius 1 is 1.15 bits per heavy atom. The number of H-pyrrole nitrogens is 1. The standard InChI is InChI=1S/C30H37N7O3/c1-3-20(2)37-25-14-13-21(18-24(25)35-30(37)39)40-17-9-6-12-26(38)32-15-7-8-16-36-19-33-27-28(36)22-10-4-5-11-23(22)34-29(27)31/h4-5,10-11,13-14,18-20H,3,6-9,12,15-17H2,1-2H3,(H2,31,34)(H,32,38)(H,35,39). The number of imidazole rings is 2. The molecular weight excluding hydrogens is 506 g/mol. The van der Waals surface area contributed by atoms with Crippen molar-refractivity contribution in [2.24, 2.45) is 0 Å². The molecular formula is C30H37N7O3. The third kappa shape index (κ3) is 5.80. The van der Waals surface area contributed by atoms with Crippen LogP contribution in [0, 0.1) is 0 Å². The van der Waals surface area contributed by atoms with Gasteiger partial charge in [-0.1, -0.05) is 25.1 Å². The Morgan fingerprint density at radius 2 is 2.00 bits per heavy atom. The van der Waals surface area contributed by atoms with Crippen LogP contribution in [0.3, 0.4) is 0 Å². The first-order valence-corrected chi connectivity index (χ1v) is 14.1. The Hall–Kier alpha value is -4.34. The number of para-hydroxylation sites is 1. The molecule has 2 aromatic carbocycles. The number of benzene rings is 2. The first kappa shape index (κ1) is 27.2. The summed E-state index contributed by atoms with van der Waals surface area (Å²) < 4.78 is 9.77. The number of amides is 1. The van der Waals surface area contributed by atoms with E-state index >= 15 is 0 Å². The lowest BCUT2D eigenvalue weighted by Crippen LogP contribution is -2.24. The molecule has 3 aromatic heterocycles. The van der Waals surface area contributed by atoms with Gasteiger partial charge in [0, 0.05) is 37.0 Å². The van der Waals surface area contributed by atoms with Crippen molar-refractivity contribution in [1.29, 1.82) is 0 Å². The molecule has 0 saturated carbocycles. The number of nitrogens with one attached hydrogen (secondary N) is 2. The fourth-order valence-corrected chi connectivity index (χ4v) is 5.10. The molecule has 1 unspecified atom stereocenters. The number of nitrogen functional groups attached to an aromatic ring is 1. The number of anilines is 1. The molecule has 5 aromatic rings. The van der Waals surface area contributed by atoms with Gasteiger partial charge in [0.05, 0.1) is 35.0 Å². The molecule has 210 valence electrons. The number of aromatic amines is 1. The molecule has 1 atom stereocenters. The quantitative estimate of drug-likeness (QED) is 0.180. The lowest BCUT2D eigenvalue weighted by molar-refractivity contribution is -0.121. The number of aromatic nitrogens is 5. The molecule has 40 heavy (non-hydrogen) atoms. The van der Waals surface area contributed by atoms with Gasteiger partial charge < -0.3 is 25.3 Å². The number of ether oxygens (including phenoxy) is 1. The summed E-state index contributed by atoms with van der Waals surface area (Å²) in [5.74, 6) is 1.22. The average molecular weight is 544 g/mol. The number of hydrogen-bond donors (Lipinski definition) is 3. The number of rotatable bonds is 13. The number of carbonyl (C=O) groups excluding carboxylic acids is 1. The highest BCUT2D eigenvalue weighted by Crippen LogP contribution is 2.27. The van der Waals surface area contributed by atoms with Gasteiger partial charge in [-0.25, -0.2) is 14.8 Å². The van der Waals surface area contributed by atoms with Crippen molar-refractivity contribution in [2.75, 3.05) is 18.9 Å². The summed E-state index contributed by atoms with van der Waals surface area (Å²) in [4.78, 5) is 36.4. The molecule has 0 saturated heterocycles. The van der Waals surface area contributed by atoms with Gasteiger partial charge in [-0.05, 0) is 57.2 Å². The van der Waals surface area contributed by atoms with E-state index in [2.05, 4.69) is 31.8 Å². The van der Waals surface area contributed by atoms with Gasteiger partial charge in [-0.2, -0.15) is 0 Å². The zero-order valence-corrected chi connectivity index (χ0v) is 23.2. The first-order chi connectivity index (χ1) is 19.5. The zero-order valence-electron chi connectivity index (χ0n) is 23.2. The van der Waals surface area contributed by atoms with Crippen molar-refractivity contribution in [2.45, 2.75) is 65.0 Å². The van der Waals surface area contributed by atoms with E-state index in [1.165, 1.54) is 0 Å². The van der Waals surface area contributed by atoms with E-state index in [0.29, 0.717) is 31.1 Å². The number of pyridine rings is 1. The predicted octanol–water partition coefficient (Wildman–Crippen LogP) is 4.93. The number of hydrogen-bond acceptors (Lipinski definition) is 6. The van der Waals surface area contributed by atoms with E-state index in [1.54, 1.807) is 4.57 Å². The van der Waals surface area contributed by atoms with Gasteiger partial charge in [0.1, 0.15) is 11.3 Å². The molecule has 0 fully saturated rings. The molecule has 1 amide bonds. The minimum atomic E-state index is -0.0981. The maximum atomic E-state index is 12.3. The zero-order chi connectivity index (χ0) is 28.1. The topological polar surface area (TPSA) is 133 Å². The number of carbonyl (C=O) groups is 1. The van der Waals surface area contributed by atoms with Crippen molar-refractivity contribution in [3.8, 4) is 5.75 Å². The second-order valence-corrected chi connectivity index (χ2v) is 10.2. The molecule has 10 nitrogen and oxygen atoms in total. The van der Waals surface area contributed by atoms with E-state index in [9.17, 15) is 9.59 Å². The molecule has 0 radical (unpaired) electrons. The molecule has 4 N–H and O–H groups in total. The minimum Gasteiger partial charge on any atom is -0.494 e. The van der Waals surface area contributed by atoms with E-state index < -0.39 is 0 Å². The Morgan fingerprint density at radius 3 is 2.85 bits per heavy atom. The van der Waals surface area contributed by atoms with Crippen LogP contribution < -0.4 is 21.5 Å². The van der Waals surface area contributed by atoms with Gasteiger partial charge in [0.15, 0.2) is 5.82 Å². The highest BCUT2D eigenvalue weighted by atomic mass is 16.5. The van der Waals surface area contributed by atoms with Crippen molar-refractivity contribution in [3.63, 3.8) is 0 Å². The third-order valence-corrected chi connectivity index (χ3v) is 7.41. The molecule has 5 rings (SSSR count). The van der Waals surface area contributed by atoms with Crippen LogP contribution in [0.4, 0.5) is 5.82 Å². The number of aryl methyl sites for hydroxylation is 1. The van der Waals surface area contributed by atoms with E-state index in [0.717, 1.165) is 71.6 Å². The van der Waals surface area contributed by atoms with Crippen LogP contribution in [0.25, 0.3) is 33.0 Å². The number of fused-ring (bicyclic) bond motifs is 4. The van der Waals surface area contributed by atoms with Gasteiger partial charge in [-0.15, -0.1) is 0 Å². The van der Waals surface area contributed by atoms with Crippen LogP contribution in [0.2, 0.25) is 0 Å². The summed E-state index contributed by atoms with van der Waals surface area (Å²) >= 11 is 0. The second-order valence-electron chi connectivity index (χ2n) is 10.2. The Labute approximate surface area is 232 Å². The third-order valence-electron chi connectivity index (χ3n) is 7.41. The van der Waals surface area contributed by atoms with Crippen LogP contribution in [0.5, 0.6) is 5.75 Å². The fraction of sp³-hybridized carbons (Fsp3) is 0.400. The number of nitrogens with zero attached hydrogens (tertiary/aromatic N) is 4. The van der Waals surface area contributed by atoms with Crippen molar-refractivity contribution in [1.82, 2.24) is 29.4 Å². The SMILES string of the molecule is CCC(C)n1c(=O)[nH]c2cc(OCCCCC(=O)NCCCCn3cnc4c(N)nc5ccccc5c43)ccc21. The Balaban J connectivity index is 1.00.